The van der Waals surface area contributed by atoms with Gasteiger partial charge >= 0.3 is 0 Å². The van der Waals surface area contributed by atoms with E-state index in [2.05, 4.69) is 9.97 Å². The summed E-state index contributed by atoms with van der Waals surface area (Å²) < 4.78 is 22.4. The number of aromatic nitrogens is 2. The summed E-state index contributed by atoms with van der Waals surface area (Å²) in [7, 11) is -2.89. The van der Waals surface area contributed by atoms with E-state index in [1.807, 2.05) is 0 Å². The van der Waals surface area contributed by atoms with Gasteiger partial charge < -0.3 is 10.1 Å². The predicted octanol–water partition coefficient (Wildman–Crippen LogP) is 0.326. The highest BCUT2D eigenvalue weighted by atomic mass is 32.2. The number of rotatable bonds is 1. The number of imidazole rings is 1. The molecule has 0 spiro atoms. The summed E-state index contributed by atoms with van der Waals surface area (Å²) in [6.45, 7) is 1.70. The van der Waals surface area contributed by atoms with Crippen molar-refractivity contribution in [2.45, 2.75) is 19.3 Å². The molecule has 1 aromatic rings. The summed E-state index contributed by atoms with van der Waals surface area (Å²) >= 11 is 0. The van der Waals surface area contributed by atoms with Crippen LogP contribution in [-0.2, 0) is 9.84 Å². The van der Waals surface area contributed by atoms with Gasteiger partial charge in [-0.2, -0.15) is 4.98 Å². The van der Waals surface area contributed by atoms with Crippen molar-refractivity contribution in [1.29, 1.82) is 0 Å². The molecule has 1 saturated heterocycles. The van der Waals surface area contributed by atoms with Gasteiger partial charge in [0.05, 0.1) is 17.2 Å². The van der Waals surface area contributed by atoms with E-state index in [-0.39, 0.29) is 23.3 Å². The fourth-order valence-electron chi connectivity index (χ4n) is 1.68. The minimum Gasteiger partial charge on any atom is -0.492 e. The highest BCUT2D eigenvalue weighted by Gasteiger charge is 2.31. The Kier molecular flexibility index (Phi) is 2.02. The number of aromatic amines is 1. The van der Waals surface area contributed by atoms with Crippen molar-refractivity contribution in [2.75, 3.05) is 11.5 Å². The quantitative estimate of drug-likeness (QED) is 0.708. The van der Waals surface area contributed by atoms with Gasteiger partial charge in [0.1, 0.15) is 5.82 Å². The Morgan fingerprint density at radius 3 is 2.71 bits per heavy atom. The van der Waals surface area contributed by atoms with E-state index in [9.17, 15) is 13.5 Å². The third kappa shape index (κ3) is 1.61. The number of sulfone groups is 1. The minimum atomic E-state index is -2.89. The largest absolute Gasteiger partial charge is 0.492 e. The molecule has 1 fully saturated rings. The van der Waals surface area contributed by atoms with Gasteiger partial charge in [-0.05, 0) is 13.3 Å². The van der Waals surface area contributed by atoms with Gasteiger partial charge in [0, 0.05) is 5.92 Å². The van der Waals surface area contributed by atoms with E-state index in [1.165, 1.54) is 0 Å². The Bertz CT molecular complexity index is 430. The maximum Gasteiger partial charge on any atom is 0.232 e. The Hall–Kier alpha value is -1.04. The molecule has 0 aliphatic carbocycles. The highest BCUT2D eigenvalue weighted by molar-refractivity contribution is 7.91. The zero-order valence-corrected chi connectivity index (χ0v) is 8.63. The molecule has 2 heterocycles. The van der Waals surface area contributed by atoms with Crippen molar-refractivity contribution >= 4 is 9.84 Å². The second kappa shape index (κ2) is 2.98. The topological polar surface area (TPSA) is 83.0 Å². The Labute approximate surface area is 82.1 Å². The van der Waals surface area contributed by atoms with Gasteiger partial charge in [-0.1, -0.05) is 0 Å². The molecule has 1 atom stereocenters. The van der Waals surface area contributed by atoms with E-state index in [0.29, 0.717) is 17.9 Å². The second-order valence-corrected chi connectivity index (χ2v) is 5.90. The van der Waals surface area contributed by atoms with Crippen molar-refractivity contribution in [2.24, 2.45) is 0 Å². The average Bonchev–Trinajstić information content (AvgIpc) is 2.57. The second-order valence-electron chi connectivity index (χ2n) is 3.67. The van der Waals surface area contributed by atoms with Crippen LogP contribution in [0.1, 0.15) is 23.9 Å². The van der Waals surface area contributed by atoms with Crippen LogP contribution < -0.4 is 0 Å². The van der Waals surface area contributed by atoms with Gasteiger partial charge in [-0.3, -0.25) is 0 Å². The molecule has 0 bridgehead atoms. The summed E-state index contributed by atoms with van der Waals surface area (Å²) in [5.41, 5.74) is 0.587. The van der Waals surface area contributed by atoms with Crippen LogP contribution in [0.4, 0.5) is 0 Å². The molecular weight excluding hydrogens is 204 g/mol. The van der Waals surface area contributed by atoms with E-state index in [1.54, 1.807) is 6.92 Å². The van der Waals surface area contributed by atoms with Crippen LogP contribution in [0.2, 0.25) is 0 Å². The fourth-order valence-corrected chi connectivity index (χ4v) is 3.43. The number of nitrogens with one attached hydrogen (secondary N) is 1. The summed E-state index contributed by atoms with van der Waals surface area (Å²) in [5, 5.41) is 9.24. The molecule has 0 saturated carbocycles. The van der Waals surface area contributed by atoms with E-state index >= 15 is 0 Å². The number of aromatic hydroxyl groups is 1. The van der Waals surface area contributed by atoms with Crippen LogP contribution in [-0.4, -0.2) is 35.0 Å². The molecule has 1 aliphatic rings. The number of aryl methyl sites for hydroxylation is 1. The van der Waals surface area contributed by atoms with Crippen molar-refractivity contribution in [3.05, 3.63) is 11.5 Å². The van der Waals surface area contributed by atoms with Crippen molar-refractivity contribution in [3.8, 4) is 5.88 Å². The van der Waals surface area contributed by atoms with E-state index in [4.69, 9.17) is 0 Å². The Balaban J connectivity index is 2.26. The molecule has 14 heavy (non-hydrogen) atoms. The first-order valence-corrected chi connectivity index (χ1v) is 6.26. The maximum absolute atomic E-state index is 11.2. The lowest BCUT2D eigenvalue weighted by atomic mass is 10.1. The number of nitrogens with zero attached hydrogens (tertiary/aromatic N) is 1. The predicted molar refractivity (Wildman–Crippen MR) is 51.0 cm³/mol. The first-order chi connectivity index (χ1) is 6.48. The van der Waals surface area contributed by atoms with Crippen LogP contribution in [0.3, 0.4) is 0 Å². The lowest BCUT2D eigenvalue weighted by Crippen LogP contribution is -2.05. The third-order valence-electron chi connectivity index (χ3n) is 2.50. The standard InChI is InChI=1S/C8H12N2O3S/c1-5-8(11)10-7(9-5)6-2-3-14(12,13)4-6/h6,11H,2-4H2,1H3,(H,9,10). The van der Waals surface area contributed by atoms with Crippen LogP contribution in [0, 0.1) is 6.92 Å². The summed E-state index contributed by atoms with van der Waals surface area (Å²) in [5.74, 6) is 0.822. The molecule has 1 unspecified atom stereocenters. The van der Waals surface area contributed by atoms with Crippen LogP contribution in [0.25, 0.3) is 0 Å². The van der Waals surface area contributed by atoms with Crippen molar-refractivity contribution in [3.63, 3.8) is 0 Å². The first-order valence-electron chi connectivity index (χ1n) is 4.44. The fraction of sp³-hybridized carbons (Fsp3) is 0.625. The molecule has 5 nitrogen and oxygen atoms in total. The molecule has 1 aromatic heterocycles. The Morgan fingerprint density at radius 2 is 2.29 bits per heavy atom. The third-order valence-corrected chi connectivity index (χ3v) is 4.26. The van der Waals surface area contributed by atoms with Gasteiger partial charge in [0.15, 0.2) is 9.84 Å². The zero-order valence-electron chi connectivity index (χ0n) is 7.82. The smallest absolute Gasteiger partial charge is 0.232 e. The summed E-state index contributed by atoms with van der Waals surface area (Å²) in [6, 6.07) is 0. The van der Waals surface area contributed by atoms with Gasteiger partial charge in [-0.25, -0.2) is 8.42 Å². The van der Waals surface area contributed by atoms with E-state index in [0.717, 1.165) is 0 Å². The molecule has 2 N–H and O–H groups in total. The normalized spacial score (nSPS) is 25.4. The molecule has 6 heteroatoms. The van der Waals surface area contributed by atoms with Crippen molar-refractivity contribution < 1.29 is 13.5 Å². The maximum atomic E-state index is 11.2. The monoisotopic (exact) mass is 216 g/mol. The molecule has 0 radical (unpaired) electrons. The average molecular weight is 216 g/mol. The van der Waals surface area contributed by atoms with Crippen LogP contribution in [0.15, 0.2) is 0 Å². The number of hydrogen-bond acceptors (Lipinski definition) is 4. The Morgan fingerprint density at radius 1 is 1.57 bits per heavy atom. The molecular formula is C8H12N2O3S. The molecule has 0 aromatic carbocycles. The molecule has 2 rings (SSSR count). The lowest BCUT2D eigenvalue weighted by Gasteiger charge is -2.01. The molecule has 1 aliphatic heterocycles. The summed E-state index contributed by atoms with van der Waals surface area (Å²) in [6.07, 6.45) is 0.592. The van der Waals surface area contributed by atoms with Gasteiger partial charge in [0.2, 0.25) is 5.88 Å². The first kappa shape index (κ1) is 9.51. The van der Waals surface area contributed by atoms with Crippen LogP contribution >= 0.6 is 0 Å². The van der Waals surface area contributed by atoms with Crippen LogP contribution in [0.5, 0.6) is 5.88 Å². The highest BCUT2D eigenvalue weighted by Crippen LogP contribution is 2.28. The summed E-state index contributed by atoms with van der Waals surface area (Å²) in [4.78, 5) is 6.79. The van der Waals surface area contributed by atoms with E-state index < -0.39 is 9.84 Å². The number of hydrogen-bond donors (Lipinski definition) is 2. The lowest BCUT2D eigenvalue weighted by molar-refractivity contribution is 0.450. The van der Waals surface area contributed by atoms with Gasteiger partial charge in [0.25, 0.3) is 0 Å². The van der Waals surface area contributed by atoms with Crippen molar-refractivity contribution in [1.82, 2.24) is 9.97 Å². The van der Waals surface area contributed by atoms with Gasteiger partial charge in [-0.15, -0.1) is 0 Å². The molecule has 0 amide bonds. The molecule has 78 valence electrons. The SMILES string of the molecule is Cc1[nH]c(C2CCS(=O)(=O)C2)nc1O. The minimum absolute atomic E-state index is 0.0377. The number of H-pyrrole nitrogens is 1. The zero-order chi connectivity index (χ0) is 10.3.